The van der Waals surface area contributed by atoms with Gasteiger partial charge in [0.15, 0.2) is 0 Å². The van der Waals surface area contributed by atoms with E-state index >= 15 is 0 Å². The first-order valence-electron chi connectivity index (χ1n) is 16.1. The molecule has 4 N–H and O–H groups in total. The summed E-state index contributed by atoms with van der Waals surface area (Å²) in [4.78, 5) is 80.7. The second-order valence-corrected chi connectivity index (χ2v) is 15.1. The highest BCUT2D eigenvalue weighted by Gasteiger charge is 2.70. The standard InChI is InChI=1S/C35H51N5O7/c1-10-11-17-23(27(42)30(44)37-19-24(41)36-18-21-15-13-12-14-16-21)38-29(43)26-25-22(35(25,8)9)20-40(26)31(45)28(33(2,3)4)39-32(46)47-34(5,6)7/h10,12-16,22-23,25-26,28H,1,11,17-20H2,2-9H3,(H,36,41)(H,37,44)(H,38,43)(H,39,46)/t22-,23?,25-,26-,28+/m0/s1. The van der Waals surface area contributed by atoms with E-state index in [-0.39, 0.29) is 30.2 Å². The average Bonchev–Trinajstić information content (AvgIpc) is 3.29. The summed E-state index contributed by atoms with van der Waals surface area (Å²) in [6, 6.07) is 6.12. The number of nitrogens with zero attached hydrogens (tertiary/aromatic N) is 1. The van der Waals surface area contributed by atoms with Crippen LogP contribution in [0.1, 0.15) is 73.8 Å². The first kappa shape index (κ1) is 37.2. The molecule has 5 amide bonds. The van der Waals surface area contributed by atoms with Crippen LogP contribution in [0, 0.1) is 22.7 Å². The molecule has 1 saturated carbocycles. The highest BCUT2D eigenvalue weighted by molar-refractivity contribution is 6.38. The van der Waals surface area contributed by atoms with Crippen molar-refractivity contribution in [3.8, 4) is 0 Å². The summed E-state index contributed by atoms with van der Waals surface area (Å²) < 4.78 is 5.41. The number of ketones is 1. The molecule has 2 aliphatic rings. The van der Waals surface area contributed by atoms with Gasteiger partial charge in [-0.25, -0.2) is 4.79 Å². The maximum atomic E-state index is 14.1. The molecular formula is C35H51N5O7. The van der Waals surface area contributed by atoms with Gasteiger partial charge >= 0.3 is 6.09 Å². The number of amides is 5. The van der Waals surface area contributed by atoms with Crippen LogP contribution < -0.4 is 21.3 Å². The number of hydrogen-bond donors (Lipinski definition) is 4. The highest BCUT2D eigenvalue weighted by atomic mass is 16.6. The van der Waals surface area contributed by atoms with Gasteiger partial charge in [-0.2, -0.15) is 0 Å². The number of carbonyl (C=O) groups excluding carboxylic acids is 6. The Labute approximate surface area is 277 Å². The van der Waals surface area contributed by atoms with Crippen molar-refractivity contribution >= 4 is 35.5 Å². The summed E-state index contributed by atoms with van der Waals surface area (Å²) >= 11 is 0. The topological polar surface area (TPSA) is 163 Å². The third-order valence-corrected chi connectivity index (χ3v) is 8.79. The third-order valence-electron chi connectivity index (χ3n) is 8.79. The van der Waals surface area contributed by atoms with E-state index in [1.165, 1.54) is 4.90 Å². The molecule has 3 rings (SSSR count). The summed E-state index contributed by atoms with van der Waals surface area (Å²) in [5.74, 6) is -3.50. The van der Waals surface area contributed by atoms with Crippen LogP contribution in [0.3, 0.4) is 0 Å². The van der Waals surface area contributed by atoms with E-state index in [0.717, 1.165) is 5.56 Å². The monoisotopic (exact) mass is 653 g/mol. The Morgan fingerprint density at radius 3 is 2.21 bits per heavy atom. The SMILES string of the molecule is C=CCCC(NC(=O)[C@@H]1[C@@H]2[C@H](CN1C(=O)[C@@H](NC(=O)OC(C)(C)C)C(C)(C)C)C2(C)C)C(=O)C(=O)NCC(=O)NCc1ccccc1. The molecule has 1 aliphatic carbocycles. The van der Waals surface area contributed by atoms with Gasteiger partial charge < -0.3 is 30.9 Å². The smallest absolute Gasteiger partial charge is 0.408 e. The minimum Gasteiger partial charge on any atom is -0.444 e. The fourth-order valence-electron chi connectivity index (χ4n) is 6.13. The van der Waals surface area contributed by atoms with E-state index < -0.39 is 71.2 Å². The van der Waals surface area contributed by atoms with Gasteiger partial charge in [-0.3, -0.25) is 24.0 Å². The van der Waals surface area contributed by atoms with Crippen molar-refractivity contribution in [1.29, 1.82) is 0 Å². The molecule has 1 unspecified atom stereocenters. The van der Waals surface area contributed by atoms with Gasteiger partial charge in [0.1, 0.15) is 17.7 Å². The number of Topliss-reactive ketones (excluding diaryl/α,β-unsaturated/α-hetero) is 1. The minimum absolute atomic E-state index is 0.0457. The van der Waals surface area contributed by atoms with Crippen LogP contribution in [0.5, 0.6) is 0 Å². The Hall–Kier alpha value is -4.22. The van der Waals surface area contributed by atoms with Crippen molar-refractivity contribution in [3.05, 3.63) is 48.6 Å². The van der Waals surface area contributed by atoms with Crippen LogP contribution in [-0.4, -0.2) is 77.2 Å². The van der Waals surface area contributed by atoms with Crippen molar-refractivity contribution in [2.75, 3.05) is 13.1 Å². The normalized spacial score (nSPS) is 20.9. The van der Waals surface area contributed by atoms with Crippen LogP contribution in [0.25, 0.3) is 0 Å². The quantitative estimate of drug-likeness (QED) is 0.188. The highest BCUT2D eigenvalue weighted by Crippen LogP contribution is 2.65. The number of ether oxygens (including phenoxy) is 1. The summed E-state index contributed by atoms with van der Waals surface area (Å²) in [7, 11) is 0. The molecule has 0 radical (unpaired) electrons. The Balaban J connectivity index is 1.73. The molecule has 47 heavy (non-hydrogen) atoms. The van der Waals surface area contributed by atoms with E-state index in [4.69, 9.17) is 4.74 Å². The number of likely N-dealkylation sites (tertiary alicyclic amines) is 1. The van der Waals surface area contributed by atoms with Crippen molar-refractivity contribution < 1.29 is 33.5 Å². The van der Waals surface area contributed by atoms with Crippen LogP contribution in [-0.2, 0) is 35.3 Å². The Kier molecular flexibility index (Phi) is 11.6. The van der Waals surface area contributed by atoms with E-state index in [2.05, 4.69) is 27.8 Å². The average molecular weight is 654 g/mol. The van der Waals surface area contributed by atoms with Gasteiger partial charge in [0.25, 0.3) is 5.91 Å². The van der Waals surface area contributed by atoms with E-state index in [1.807, 2.05) is 65.0 Å². The van der Waals surface area contributed by atoms with Crippen molar-refractivity contribution in [1.82, 2.24) is 26.2 Å². The third kappa shape index (κ3) is 9.65. The van der Waals surface area contributed by atoms with Crippen molar-refractivity contribution in [3.63, 3.8) is 0 Å². The Morgan fingerprint density at radius 1 is 1.00 bits per heavy atom. The predicted octanol–water partition coefficient (Wildman–Crippen LogP) is 2.86. The number of allylic oxidation sites excluding steroid dienone is 1. The molecule has 0 bridgehead atoms. The second-order valence-electron chi connectivity index (χ2n) is 15.1. The largest absolute Gasteiger partial charge is 0.444 e. The maximum absolute atomic E-state index is 14.1. The number of carbonyl (C=O) groups is 6. The van der Waals surface area contributed by atoms with Gasteiger partial charge in [0.2, 0.25) is 23.5 Å². The molecule has 258 valence electrons. The predicted molar refractivity (Wildman–Crippen MR) is 177 cm³/mol. The van der Waals surface area contributed by atoms with Crippen molar-refractivity contribution in [2.24, 2.45) is 22.7 Å². The van der Waals surface area contributed by atoms with Crippen LogP contribution in [0.4, 0.5) is 4.79 Å². The van der Waals surface area contributed by atoms with Gasteiger partial charge in [-0.1, -0.05) is 71.0 Å². The van der Waals surface area contributed by atoms with E-state index in [0.29, 0.717) is 13.0 Å². The summed E-state index contributed by atoms with van der Waals surface area (Å²) in [5.41, 5.74) is -0.835. The lowest BCUT2D eigenvalue weighted by molar-refractivity contribution is -0.145. The van der Waals surface area contributed by atoms with Crippen LogP contribution in [0.2, 0.25) is 0 Å². The zero-order valence-electron chi connectivity index (χ0n) is 28.9. The number of alkyl carbamates (subject to hydrolysis) is 1. The minimum atomic E-state index is -1.20. The van der Waals surface area contributed by atoms with Gasteiger partial charge in [0, 0.05) is 13.1 Å². The summed E-state index contributed by atoms with van der Waals surface area (Å²) in [6.45, 7) is 18.5. The number of nitrogens with one attached hydrogen (secondary N) is 4. The first-order valence-corrected chi connectivity index (χ1v) is 16.1. The molecule has 1 aromatic carbocycles. The first-order chi connectivity index (χ1) is 21.8. The number of benzene rings is 1. The number of hydrogen-bond acceptors (Lipinski definition) is 7. The molecule has 2 fully saturated rings. The Morgan fingerprint density at radius 2 is 1.64 bits per heavy atom. The zero-order valence-corrected chi connectivity index (χ0v) is 28.9. The number of rotatable bonds is 13. The maximum Gasteiger partial charge on any atom is 0.408 e. The van der Waals surface area contributed by atoms with E-state index in [9.17, 15) is 28.8 Å². The molecule has 1 aromatic rings. The lowest BCUT2D eigenvalue weighted by Crippen LogP contribution is -2.60. The Bertz CT molecular complexity index is 1360. The lowest BCUT2D eigenvalue weighted by Gasteiger charge is -2.38. The molecule has 1 heterocycles. The molecule has 0 aromatic heterocycles. The molecule has 0 spiro atoms. The zero-order chi connectivity index (χ0) is 35.3. The number of fused-ring (bicyclic) bond motifs is 1. The molecule has 1 aliphatic heterocycles. The number of piperidine rings is 1. The summed E-state index contributed by atoms with van der Waals surface area (Å²) in [6.07, 6.45) is 1.26. The van der Waals surface area contributed by atoms with Gasteiger partial charge in [-0.15, -0.1) is 6.58 Å². The summed E-state index contributed by atoms with van der Waals surface area (Å²) in [5, 5.41) is 10.5. The molecule has 1 saturated heterocycles. The second kappa shape index (κ2) is 14.7. The van der Waals surface area contributed by atoms with Crippen molar-refractivity contribution in [2.45, 2.75) is 98.5 Å². The molecule has 12 nitrogen and oxygen atoms in total. The van der Waals surface area contributed by atoms with Crippen LogP contribution >= 0.6 is 0 Å². The van der Waals surface area contributed by atoms with Gasteiger partial charge in [-0.05, 0) is 61.8 Å². The molecule has 12 heteroatoms. The fourth-order valence-corrected chi connectivity index (χ4v) is 6.13. The van der Waals surface area contributed by atoms with Gasteiger partial charge in [0.05, 0.1) is 12.6 Å². The van der Waals surface area contributed by atoms with E-state index in [1.54, 1.807) is 26.8 Å². The molecular weight excluding hydrogens is 602 g/mol. The van der Waals surface area contributed by atoms with Crippen LogP contribution in [0.15, 0.2) is 43.0 Å². The lowest BCUT2D eigenvalue weighted by atomic mass is 9.85. The molecule has 5 atom stereocenters. The fraction of sp³-hybridized carbons (Fsp3) is 0.600.